The summed E-state index contributed by atoms with van der Waals surface area (Å²) in [6.07, 6.45) is 14.1. The summed E-state index contributed by atoms with van der Waals surface area (Å²) in [4.78, 5) is 8.98. The summed E-state index contributed by atoms with van der Waals surface area (Å²) in [7, 11) is 7.49. The molecular formula is C46H52N12O4. The summed E-state index contributed by atoms with van der Waals surface area (Å²) in [5, 5.41) is 48.4. The van der Waals surface area contributed by atoms with E-state index in [-0.39, 0.29) is 24.3 Å². The van der Waals surface area contributed by atoms with Gasteiger partial charge in [-0.15, -0.1) is 0 Å². The first kappa shape index (κ1) is 40.6. The molecule has 2 aliphatic rings. The Hall–Kier alpha value is -6.78. The topological polar surface area (TPSA) is 180 Å². The quantitative estimate of drug-likeness (QED) is 0.113. The Bertz CT molecular complexity index is 2560. The maximum Gasteiger partial charge on any atom is 0.127 e. The van der Waals surface area contributed by atoms with Crippen LogP contribution in [0.4, 0.5) is 11.6 Å². The Labute approximate surface area is 359 Å². The van der Waals surface area contributed by atoms with Crippen LogP contribution in [-0.2, 0) is 14.1 Å². The molecule has 16 heteroatoms. The van der Waals surface area contributed by atoms with Crippen LogP contribution in [0, 0.1) is 0 Å². The lowest BCUT2D eigenvalue weighted by molar-refractivity contribution is -0.00949. The van der Waals surface area contributed by atoms with E-state index in [0.29, 0.717) is 12.8 Å². The van der Waals surface area contributed by atoms with Crippen LogP contribution in [0.2, 0.25) is 0 Å². The van der Waals surface area contributed by atoms with Gasteiger partial charge in [-0.25, -0.2) is 9.97 Å². The van der Waals surface area contributed by atoms with Gasteiger partial charge in [0.25, 0.3) is 0 Å². The van der Waals surface area contributed by atoms with Gasteiger partial charge in [-0.3, -0.25) is 18.7 Å². The average Bonchev–Trinajstić information content (AvgIpc) is 4.11. The molecule has 320 valence electrons. The molecular weight excluding hydrogens is 785 g/mol. The van der Waals surface area contributed by atoms with Crippen molar-refractivity contribution in [2.75, 3.05) is 24.7 Å². The van der Waals surface area contributed by atoms with E-state index in [1.165, 1.54) is 0 Å². The van der Waals surface area contributed by atoms with Gasteiger partial charge in [0, 0.05) is 87.0 Å². The first-order valence-corrected chi connectivity index (χ1v) is 21.1. The third-order valence-electron chi connectivity index (χ3n) is 11.9. The number of rotatable bonds is 10. The van der Waals surface area contributed by atoms with Crippen molar-refractivity contribution < 1.29 is 19.7 Å². The summed E-state index contributed by atoms with van der Waals surface area (Å²) in [5.74, 6) is 3.15. The number of ether oxygens (including phenoxy) is 2. The Morgan fingerprint density at radius 2 is 1.00 bits per heavy atom. The van der Waals surface area contributed by atoms with Crippen molar-refractivity contribution in [1.29, 1.82) is 0 Å². The minimum absolute atomic E-state index is 0.0747. The zero-order valence-electron chi connectivity index (χ0n) is 35.3. The molecule has 0 spiro atoms. The van der Waals surface area contributed by atoms with Crippen molar-refractivity contribution in [3.8, 4) is 34.0 Å². The highest BCUT2D eigenvalue weighted by Crippen LogP contribution is 2.38. The lowest BCUT2D eigenvalue weighted by Gasteiger charge is -2.33. The molecule has 2 aliphatic carbocycles. The molecule has 0 radical (unpaired) electrons. The number of para-hydroxylation sites is 2. The second-order valence-corrected chi connectivity index (χ2v) is 16.1. The Morgan fingerprint density at radius 1 is 0.581 bits per heavy atom. The van der Waals surface area contributed by atoms with E-state index in [4.69, 9.17) is 19.7 Å². The fourth-order valence-corrected chi connectivity index (χ4v) is 8.67. The van der Waals surface area contributed by atoms with Crippen molar-refractivity contribution in [2.24, 2.45) is 14.1 Å². The number of anilines is 2. The highest BCUT2D eigenvalue weighted by molar-refractivity contribution is 5.94. The van der Waals surface area contributed by atoms with Gasteiger partial charge in [-0.1, -0.05) is 36.4 Å². The normalized spacial score (nSPS) is 21.3. The first-order valence-electron chi connectivity index (χ1n) is 21.1. The molecule has 8 aromatic rings. The molecule has 16 nitrogen and oxygen atoms in total. The maximum absolute atomic E-state index is 10.9. The van der Waals surface area contributed by atoms with Crippen LogP contribution >= 0.6 is 0 Å². The summed E-state index contributed by atoms with van der Waals surface area (Å²) in [6, 6.07) is 23.5. The van der Waals surface area contributed by atoms with E-state index in [1.807, 2.05) is 148 Å². The van der Waals surface area contributed by atoms with E-state index in [9.17, 15) is 10.2 Å². The van der Waals surface area contributed by atoms with Crippen LogP contribution in [0.3, 0.4) is 0 Å². The number of aliphatic hydroxyl groups excluding tert-OH is 2. The molecule has 6 atom stereocenters. The number of aromatic nitrogens is 10. The van der Waals surface area contributed by atoms with Crippen LogP contribution in [0.1, 0.15) is 50.6 Å². The third kappa shape index (κ3) is 8.43. The number of aryl methyl sites for hydroxylation is 2. The van der Waals surface area contributed by atoms with E-state index in [1.54, 1.807) is 9.36 Å². The third-order valence-corrected chi connectivity index (χ3v) is 11.9. The minimum atomic E-state index is -0.564. The number of benzene rings is 2. The molecule has 6 aromatic heterocycles. The second-order valence-electron chi connectivity index (χ2n) is 16.1. The van der Waals surface area contributed by atoms with Gasteiger partial charge in [0.1, 0.15) is 46.7 Å². The van der Waals surface area contributed by atoms with E-state index in [2.05, 4.69) is 30.8 Å². The zero-order valence-corrected chi connectivity index (χ0v) is 35.3. The Balaban J connectivity index is 0.000000158. The molecule has 2 aromatic carbocycles. The number of nitrogens with zero attached hydrogens (tertiary/aromatic N) is 10. The molecule has 10 rings (SSSR count). The molecule has 62 heavy (non-hydrogen) atoms. The molecule has 0 aliphatic heterocycles. The van der Waals surface area contributed by atoms with Crippen LogP contribution in [0.15, 0.2) is 110 Å². The number of fused-ring (bicyclic) bond motifs is 2. The highest BCUT2D eigenvalue weighted by atomic mass is 16.5. The fourth-order valence-electron chi connectivity index (χ4n) is 8.67. The predicted octanol–water partition coefficient (Wildman–Crippen LogP) is 6.81. The largest absolute Gasteiger partial charge is 0.488 e. The summed E-state index contributed by atoms with van der Waals surface area (Å²) in [5.41, 5.74) is 5.61. The second kappa shape index (κ2) is 17.7. The van der Waals surface area contributed by atoms with Crippen LogP contribution in [-0.4, -0.2) is 97.8 Å². The van der Waals surface area contributed by atoms with Crippen LogP contribution in [0.5, 0.6) is 11.5 Å². The Kier molecular flexibility index (Phi) is 11.6. The van der Waals surface area contributed by atoms with Crippen molar-refractivity contribution in [1.82, 2.24) is 49.1 Å². The number of hydrogen-bond donors (Lipinski definition) is 4. The standard InChI is InChI=1S/2C23H26N6O2/c2*1-24-22-11-19-18(13-25-22)23(15-12-26-28(2)14-15)27-29(19)16-8-9-21(20(30)10-16)31-17-6-4-3-5-7-17/h2*3-7,11-14,16,20-21,30H,8-10H2,1-2H3,(H,24,25)/t2*16-,20+,21+/m10/s1. The molecule has 6 heterocycles. The first-order chi connectivity index (χ1) is 30.2. The zero-order chi connectivity index (χ0) is 42.7. The molecule has 0 amide bonds. The number of hydrogen-bond acceptors (Lipinski definition) is 12. The van der Waals surface area contributed by atoms with Gasteiger partial charge < -0.3 is 30.3 Å². The molecule has 0 saturated heterocycles. The van der Waals surface area contributed by atoms with E-state index >= 15 is 0 Å². The van der Waals surface area contributed by atoms with Crippen molar-refractivity contribution >= 4 is 33.4 Å². The van der Waals surface area contributed by atoms with E-state index in [0.717, 1.165) is 93.1 Å². The van der Waals surface area contributed by atoms with Crippen molar-refractivity contribution in [3.05, 3.63) is 110 Å². The molecule has 4 N–H and O–H groups in total. The maximum atomic E-state index is 10.9. The summed E-state index contributed by atoms with van der Waals surface area (Å²) >= 11 is 0. The molecule has 2 fully saturated rings. The lowest BCUT2D eigenvalue weighted by Crippen LogP contribution is -2.38. The Morgan fingerprint density at radius 3 is 1.35 bits per heavy atom. The van der Waals surface area contributed by atoms with E-state index < -0.39 is 12.2 Å². The predicted molar refractivity (Wildman–Crippen MR) is 238 cm³/mol. The lowest BCUT2D eigenvalue weighted by atomic mass is 9.90. The summed E-state index contributed by atoms with van der Waals surface area (Å²) in [6.45, 7) is 0. The van der Waals surface area contributed by atoms with Crippen LogP contribution < -0.4 is 20.1 Å². The fraction of sp³-hybridized carbons (Fsp3) is 0.348. The van der Waals surface area contributed by atoms with Gasteiger partial charge >= 0.3 is 0 Å². The molecule has 0 bridgehead atoms. The monoisotopic (exact) mass is 836 g/mol. The van der Waals surface area contributed by atoms with Gasteiger partial charge in [0.05, 0.1) is 47.7 Å². The van der Waals surface area contributed by atoms with Gasteiger partial charge in [0.2, 0.25) is 0 Å². The average molecular weight is 837 g/mol. The van der Waals surface area contributed by atoms with Crippen molar-refractivity contribution in [3.63, 3.8) is 0 Å². The summed E-state index contributed by atoms with van der Waals surface area (Å²) < 4.78 is 19.7. The number of nitrogens with one attached hydrogen (secondary N) is 2. The number of pyridine rings is 2. The van der Waals surface area contributed by atoms with Gasteiger partial charge in [-0.2, -0.15) is 20.4 Å². The van der Waals surface area contributed by atoms with Gasteiger partial charge in [-0.05, 0) is 62.8 Å². The highest BCUT2D eigenvalue weighted by Gasteiger charge is 2.35. The number of aliphatic hydroxyl groups is 2. The SMILES string of the molecule is CNc1cc2c(cn1)c(-c1cnn(C)c1)nn2[C@@H]1CC[C@H](Oc2ccccc2)[C@@H](O)C1.CNc1cc2c(cn1)c(-c1cnn(C)c1)nn2[C@H]1CC[C@@H](Oc2ccccc2)[C@H](O)C1. The minimum Gasteiger partial charge on any atom is -0.488 e. The molecule has 0 unspecified atom stereocenters. The van der Waals surface area contributed by atoms with Crippen molar-refractivity contribution in [2.45, 2.75) is 75.0 Å². The smallest absolute Gasteiger partial charge is 0.127 e. The van der Waals surface area contributed by atoms with Gasteiger partial charge in [0.15, 0.2) is 0 Å². The van der Waals surface area contributed by atoms with Crippen LogP contribution in [0.25, 0.3) is 44.3 Å². The molecule has 2 saturated carbocycles.